The fourth-order valence-electron chi connectivity index (χ4n) is 3.11. The van der Waals surface area contributed by atoms with E-state index in [1.807, 2.05) is 0 Å². The Morgan fingerprint density at radius 3 is 2.36 bits per heavy atom. The second-order valence-corrected chi connectivity index (χ2v) is 8.10. The van der Waals surface area contributed by atoms with Crippen LogP contribution in [-0.4, -0.2) is 30.4 Å². The number of likely N-dealkylation sites (N-methyl/N-ethyl adjacent to an activating group) is 1. The van der Waals surface area contributed by atoms with Crippen molar-refractivity contribution in [2.45, 2.75) is 31.9 Å². The van der Waals surface area contributed by atoms with E-state index in [1.165, 1.54) is 18.0 Å². The molecule has 0 saturated heterocycles. The first-order valence-electron chi connectivity index (χ1n) is 8.75. The fraction of sp³-hybridized carbons (Fsp3) is 0.286. The molecule has 0 aliphatic carbocycles. The summed E-state index contributed by atoms with van der Waals surface area (Å²) in [5.41, 5.74) is -1.88. The van der Waals surface area contributed by atoms with Crippen molar-refractivity contribution < 1.29 is 19.1 Å². The van der Waals surface area contributed by atoms with E-state index in [1.54, 1.807) is 63.2 Å². The minimum absolute atomic E-state index is 0.233. The minimum Gasteiger partial charge on any atom is -0.430 e. The van der Waals surface area contributed by atoms with Crippen LogP contribution in [0.3, 0.4) is 0 Å². The van der Waals surface area contributed by atoms with Crippen LogP contribution >= 0.6 is 11.6 Å². The first kappa shape index (κ1) is 19.9. The Bertz CT molecular complexity index is 953. The number of anilines is 1. The van der Waals surface area contributed by atoms with Gasteiger partial charge in [-0.3, -0.25) is 9.59 Å². The maximum Gasteiger partial charge on any atom is 0.340 e. The number of rotatable bonds is 3. The molecular formula is C21H21ClN2O4. The Balaban J connectivity index is 2.16. The number of fused-ring (bicyclic) bond motifs is 1. The van der Waals surface area contributed by atoms with Crippen molar-refractivity contribution in [2.75, 3.05) is 11.9 Å². The Labute approximate surface area is 168 Å². The quantitative estimate of drug-likeness (QED) is 0.633. The van der Waals surface area contributed by atoms with Crippen molar-refractivity contribution in [1.29, 1.82) is 0 Å². The average Bonchev–Trinajstić information content (AvgIpc) is 2.83. The summed E-state index contributed by atoms with van der Waals surface area (Å²) in [5, 5.41) is 3.09. The molecule has 146 valence electrons. The van der Waals surface area contributed by atoms with Crippen molar-refractivity contribution in [2.24, 2.45) is 0 Å². The first-order valence-corrected chi connectivity index (χ1v) is 9.13. The van der Waals surface area contributed by atoms with E-state index in [4.69, 9.17) is 16.3 Å². The van der Waals surface area contributed by atoms with Crippen molar-refractivity contribution in [3.8, 4) is 0 Å². The highest BCUT2D eigenvalue weighted by Crippen LogP contribution is 2.44. The van der Waals surface area contributed by atoms with Gasteiger partial charge < -0.3 is 15.0 Å². The summed E-state index contributed by atoms with van der Waals surface area (Å²) in [7, 11) is 1.53. The lowest BCUT2D eigenvalue weighted by Crippen LogP contribution is -2.57. The monoisotopic (exact) mass is 400 g/mol. The molecule has 2 amide bonds. The zero-order valence-corrected chi connectivity index (χ0v) is 16.8. The lowest BCUT2D eigenvalue weighted by atomic mass is 9.92. The molecule has 1 atom stereocenters. The van der Waals surface area contributed by atoms with Gasteiger partial charge in [0.1, 0.15) is 0 Å². The number of carbonyl (C=O) groups excluding carboxylic acids is 3. The van der Waals surface area contributed by atoms with E-state index < -0.39 is 28.9 Å². The highest BCUT2D eigenvalue weighted by molar-refractivity contribution is 6.31. The molecule has 1 unspecified atom stereocenters. The Kier molecular flexibility index (Phi) is 4.93. The normalized spacial score (nSPS) is 18.6. The number of nitrogens with one attached hydrogen (secondary N) is 1. The summed E-state index contributed by atoms with van der Waals surface area (Å²) in [6.45, 7) is 5.33. The number of amides is 2. The highest BCUT2D eigenvalue weighted by atomic mass is 35.5. The molecule has 7 heteroatoms. The Morgan fingerprint density at radius 2 is 1.75 bits per heavy atom. The lowest BCUT2D eigenvalue weighted by molar-refractivity contribution is -0.153. The molecule has 2 aromatic rings. The zero-order valence-electron chi connectivity index (χ0n) is 16.1. The van der Waals surface area contributed by atoms with Gasteiger partial charge in [0.2, 0.25) is 0 Å². The standard InChI is InChI=1S/C21H21ClN2O4/c1-20(2,3)23-18(26)21(28-17(25)13-8-6-5-7-9-13)15-12-14(22)10-11-16(15)24(4)19(21)27/h5-12H,1-4H3,(H,23,26). The lowest BCUT2D eigenvalue weighted by Gasteiger charge is -2.31. The van der Waals surface area contributed by atoms with Gasteiger partial charge in [-0.05, 0) is 51.1 Å². The molecule has 0 spiro atoms. The van der Waals surface area contributed by atoms with Crippen LogP contribution in [0, 0.1) is 0 Å². The van der Waals surface area contributed by atoms with Crippen LogP contribution in [0.25, 0.3) is 0 Å². The van der Waals surface area contributed by atoms with Crippen LogP contribution in [0.2, 0.25) is 5.02 Å². The summed E-state index contributed by atoms with van der Waals surface area (Å²) in [5.74, 6) is -2.16. The van der Waals surface area contributed by atoms with E-state index in [0.29, 0.717) is 10.7 Å². The zero-order chi connectivity index (χ0) is 20.7. The van der Waals surface area contributed by atoms with Crippen molar-refractivity contribution in [3.63, 3.8) is 0 Å². The number of carbonyl (C=O) groups is 3. The van der Waals surface area contributed by atoms with E-state index >= 15 is 0 Å². The third-order valence-electron chi connectivity index (χ3n) is 4.37. The average molecular weight is 401 g/mol. The molecule has 0 saturated carbocycles. The highest BCUT2D eigenvalue weighted by Gasteiger charge is 2.59. The number of hydrogen-bond donors (Lipinski definition) is 1. The van der Waals surface area contributed by atoms with Crippen molar-refractivity contribution in [1.82, 2.24) is 5.32 Å². The van der Waals surface area contributed by atoms with E-state index in [0.717, 1.165) is 0 Å². The van der Waals surface area contributed by atoms with Gasteiger partial charge in [-0.25, -0.2) is 4.79 Å². The van der Waals surface area contributed by atoms with Gasteiger partial charge in [-0.15, -0.1) is 0 Å². The van der Waals surface area contributed by atoms with Gasteiger partial charge >= 0.3 is 5.97 Å². The van der Waals surface area contributed by atoms with Gasteiger partial charge in [-0.2, -0.15) is 0 Å². The molecule has 1 N–H and O–H groups in total. The summed E-state index contributed by atoms with van der Waals surface area (Å²) < 4.78 is 5.66. The first-order chi connectivity index (χ1) is 13.1. The van der Waals surface area contributed by atoms with E-state index in [9.17, 15) is 14.4 Å². The van der Waals surface area contributed by atoms with Gasteiger partial charge in [0.05, 0.1) is 11.3 Å². The molecule has 28 heavy (non-hydrogen) atoms. The minimum atomic E-state index is -2.16. The molecule has 6 nitrogen and oxygen atoms in total. The second-order valence-electron chi connectivity index (χ2n) is 7.67. The van der Waals surface area contributed by atoms with E-state index in [-0.39, 0.29) is 11.1 Å². The maximum atomic E-state index is 13.3. The SMILES string of the molecule is CN1C(=O)C(OC(=O)c2ccccc2)(C(=O)NC(C)(C)C)c2cc(Cl)ccc21. The molecule has 0 aromatic heterocycles. The van der Waals surface area contributed by atoms with Crippen LogP contribution in [0.5, 0.6) is 0 Å². The number of ether oxygens (including phenoxy) is 1. The van der Waals surface area contributed by atoms with Crippen LogP contribution in [-0.2, 0) is 19.9 Å². The molecule has 1 heterocycles. The number of hydrogen-bond acceptors (Lipinski definition) is 4. The van der Waals surface area contributed by atoms with Crippen LogP contribution in [0.4, 0.5) is 5.69 Å². The fourth-order valence-corrected chi connectivity index (χ4v) is 3.28. The molecule has 2 aromatic carbocycles. The van der Waals surface area contributed by atoms with Gasteiger partial charge in [0.15, 0.2) is 0 Å². The maximum absolute atomic E-state index is 13.3. The number of halogens is 1. The number of nitrogens with zero attached hydrogens (tertiary/aromatic N) is 1. The van der Waals surface area contributed by atoms with Gasteiger partial charge in [-0.1, -0.05) is 29.8 Å². The molecule has 1 aliphatic rings. The van der Waals surface area contributed by atoms with Crippen molar-refractivity contribution in [3.05, 3.63) is 64.7 Å². The molecule has 3 rings (SSSR count). The molecule has 0 bridgehead atoms. The summed E-state index contributed by atoms with van der Waals surface area (Å²) in [6.07, 6.45) is 0. The molecule has 0 radical (unpaired) electrons. The molecular weight excluding hydrogens is 380 g/mol. The van der Waals surface area contributed by atoms with Crippen LogP contribution < -0.4 is 10.2 Å². The van der Waals surface area contributed by atoms with Gasteiger partial charge in [0, 0.05) is 23.2 Å². The van der Waals surface area contributed by atoms with E-state index in [2.05, 4.69) is 5.32 Å². The Hall–Kier alpha value is -2.86. The van der Waals surface area contributed by atoms with Crippen LogP contribution in [0.1, 0.15) is 36.7 Å². The topological polar surface area (TPSA) is 75.7 Å². The largest absolute Gasteiger partial charge is 0.430 e. The third-order valence-corrected chi connectivity index (χ3v) is 4.60. The van der Waals surface area contributed by atoms with Crippen LogP contribution in [0.15, 0.2) is 48.5 Å². The Morgan fingerprint density at radius 1 is 1.11 bits per heavy atom. The summed E-state index contributed by atoms with van der Waals surface area (Å²) >= 11 is 6.14. The molecule has 1 aliphatic heterocycles. The smallest absolute Gasteiger partial charge is 0.340 e. The number of esters is 1. The van der Waals surface area contributed by atoms with Crippen molar-refractivity contribution >= 4 is 35.1 Å². The number of benzene rings is 2. The summed E-state index contributed by atoms with van der Waals surface area (Å²) in [6, 6.07) is 12.9. The second kappa shape index (κ2) is 6.95. The third kappa shape index (κ3) is 3.36. The summed E-state index contributed by atoms with van der Waals surface area (Å²) in [4.78, 5) is 40.6. The predicted molar refractivity (Wildman–Crippen MR) is 106 cm³/mol. The molecule has 0 fully saturated rings. The van der Waals surface area contributed by atoms with Gasteiger partial charge in [0.25, 0.3) is 17.4 Å². The predicted octanol–water partition coefficient (Wildman–Crippen LogP) is 3.28.